The predicted molar refractivity (Wildman–Crippen MR) is 58.7 cm³/mol. The van der Waals surface area contributed by atoms with Gasteiger partial charge in [-0.3, -0.25) is 4.79 Å². The number of hydrogen-bond donors (Lipinski definition) is 2. The number of thiocarbonyl (C=S) groups is 1. The van der Waals surface area contributed by atoms with Crippen molar-refractivity contribution in [3.63, 3.8) is 0 Å². The van der Waals surface area contributed by atoms with Gasteiger partial charge in [-0.2, -0.15) is 5.26 Å². The maximum atomic E-state index is 11.2. The molecule has 1 unspecified atom stereocenters. The van der Waals surface area contributed by atoms with E-state index in [1.165, 1.54) is 7.05 Å². The predicted octanol–water partition coefficient (Wildman–Crippen LogP) is 0.588. The summed E-state index contributed by atoms with van der Waals surface area (Å²) >= 11 is 4.97. The van der Waals surface area contributed by atoms with Gasteiger partial charge in [0.15, 0.2) is 5.92 Å². The monoisotopic (exact) mass is 213 g/mol. The average Bonchev–Trinajstić information content (AvgIpc) is 2.01. The van der Waals surface area contributed by atoms with E-state index in [0.717, 1.165) is 0 Å². The zero-order valence-electron chi connectivity index (χ0n) is 8.84. The Hall–Kier alpha value is -1.15. The molecule has 4 nitrogen and oxygen atoms in total. The summed E-state index contributed by atoms with van der Waals surface area (Å²) in [6.45, 7) is 5.74. The van der Waals surface area contributed by atoms with Crippen LogP contribution in [0.5, 0.6) is 0 Å². The standard InChI is InChI=1S/C9H15N3OS/c1-9(2,3)12-8(14)6(5-10)7(13)11-4/h6H,1-4H3,(H,11,13)(H,12,14). The molecule has 0 aromatic heterocycles. The molecule has 0 aliphatic carbocycles. The highest BCUT2D eigenvalue weighted by Gasteiger charge is 2.24. The molecule has 0 aromatic carbocycles. The van der Waals surface area contributed by atoms with Crippen LogP contribution in [0.25, 0.3) is 0 Å². The molecule has 0 heterocycles. The fraction of sp³-hybridized carbons (Fsp3) is 0.667. The lowest BCUT2D eigenvalue weighted by Crippen LogP contribution is -2.46. The van der Waals surface area contributed by atoms with Crippen molar-refractivity contribution in [2.45, 2.75) is 26.3 Å². The number of amides is 1. The molecular weight excluding hydrogens is 198 g/mol. The molecular formula is C9H15N3OS. The van der Waals surface area contributed by atoms with Crippen molar-refractivity contribution < 1.29 is 4.79 Å². The van der Waals surface area contributed by atoms with Gasteiger partial charge in [0.1, 0.15) is 4.99 Å². The SMILES string of the molecule is CNC(=O)C(C#N)C(=S)NC(C)(C)C. The van der Waals surface area contributed by atoms with E-state index < -0.39 is 5.92 Å². The van der Waals surface area contributed by atoms with Gasteiger partial charge in [-0.05, 0) is 20.8 Å². The van der Waals surface area contributed by atoms with Crippen LogP contribution in [0, 0.1) is 17.2 Å². The number of hydrogen-bond acceptors (Lipinski definition) is 3. The van der Waals surface area contributed by atoms with Gasteiger partial charge in [-0.15, -0.1) is 0 Å². The molecule has 0 aliphatic heterocycles. The molecule has 5 heteroatoms. The number of rotatable bonds is 2. The summed E-state index contributed by atoms with van der Waals surface area (Å²) in [6.07, 6.45) is 0. The maximum absolute atomic E-state index is 11.2. The number of carbonyl (C=O) groups is 1. The van der Waals surface area contributed by atoms with Gasteiger partial charge in [0.2, 0.25) is 5.91 Å². The van der Waals surface area contributed by atoms with Crippen LogP contribution in [0.4, 0.5) is 0 Å². The Bertz CT molecular complexity index is 275. The fourth-order valence-electron chi connectivity index (χ4n) is 0.822. The molecule has 0 aromatic rings. The summed E-state index contributed by atoms with van der Waals surface area (Å²) in [5.41, 5.74) is -0.236. The number of nitriles is 1. The first-order valence-corrected chi connectivity index (χ1v) is 4.66. The van der Waals surface area contributed by atoms with Crippen LogP contribution in [0.3, 0.4) is 0 Å². The molecule has 78 valence electrons. The van der Waals surface area contributed by atoms with Gasteiger partial charge in [0.05, 0.1) is 6.07 Å². The Balaban J connectivity index is 4.51. The van der Waals surface area contributed by atoms with E-state index >= 15 is 0 Å². The van der Waals surface area contributed by atoms with Crippen LogP contribution >= 0.6 is 12.2 Å². The molecule has 1 amide bonds. The van der Waals surface area contributed by atoms with Crippen molar-refractivity contribution in [2.24, 2.45) is 5.92 Å². The normalized spacial score (nSPS) is 12.5. The van der Waals surface area contributed by atoms with Gasteiger partial charge >= 0.3 is 0 Å². The quantitative estimate of drug-likeness (QED) is 0.659. The van der Waals surface area contributed by atoms with Crippen LogP contribution in [-0.4, -0.2) is 23.5 Å². The van der Waals surface area contributed by atoms with Crippen LogP contribution in [0.2, 0.25) is 0 Å². The molecule has 0 spiro atoms. The second-order valence-electron chi connectivity index (χ2n) is 3.92. The van der Waals surface area contributed by atoms with Crippen molar-refractivity contribution in [1.29, 1.82) is 5.26 Å². The van der Waals surface area contributed by atoms with E-state index in [4.69, 9.17) is 17.5 Å². The Labute approximate surface area is 89.7 Å². The first-order valence-electron chi connectivity index (χ1n) is 4.25. The number of nitrogens with one attached hydrogen (secondary N) is 2. The first-order chi connectivity index (χ1) is 6.31. The van der Waals surface area contributed by atoms with Crippen LogP contribution < -0.4 is 10.6 Å². The first kappa shape index (κ1) is 12.8. The summed E-state index contributed by atoms with van der Waals surface area (Å²) in [7, 11) is 1.48. The Kier molecular flexibility index (Phi) is 4.51. The van der Waals surface area contributed by atoms with Crippen molar-refractivity contribution in [2.75, 3.05) is 7.05 Å². The molecule has 0 saturated carbocycles. The molecule has 1 atom stereocenters. The van der Waals surface area contributed by atoms with E-state index in [0.29, 0.717) is 0 Å². The molecule has 0 radical (unpaired) electrons. The largest absolute Gasteiger partial charge is 0.374 e. The minimum atomic E-state index is -0.908. The van der Waals surface area contributed by atoms with Gasteiger partial charge in [0.25, 0.3) is 0 Å². The third kappa shape index (κ3) is 4.19. The minimum Gasteiger partial charge on any atom is -0.374 e. The molecule has 0 saturated heterocycles. The second kappa shape index (κ2) is 4.91. The topological polar surface area (TPSA) is 64.9 Å². The van der Waals surface area contributed by atoms with E-state index in [2.05, 4.69) is 10.6 Å². The van der Waals surface area contributed by atoms with E-state index in [1.54, 1.807) is 0 Å². The summed E-state index contributed by atoms with van der Waals surface area (Å²) in [5, 5.41) is 14.1. The fourth-order valence-corrected chi connectivity index (χ4v) is 1.29. The third-order valence-corrected chi connectivity index (χ3v) is 1.74. The Morgan fingerprint density at radius 1 is 1.50 bits per heavy atom. The summed E-state index contributed by atoms with van der Waals surface area (Å²) in [6, 6.07) is 1.86. The maximum Gasteiger partial charge on any atom is 0.244 e. The Morgan fingerprint density at radius 2 is 2.00 bits per heavy atom. The summed E-state index contributed by atoms with van der Waals surface area (Å²) in [4.78, 5) is 11.5. The lowest BCUT2D eigenvalue weighted by molar-refractivity contribution is -0.121. The van der Waals surface area contributed by atoms with Crippen molar-refractivity contribution >= 4 is 23.1 Å². The van der Waals surface area contributed by atoms with Crippen molar-refractivity contribution in [3.8, 4) is 6.07 Å². The number of nitrogens with zero attached hydrogens (tertiary/aromatic N) is 1. The minimum absolute atomic E-state index is 0.236. The molecule has 0 fully saturated rings. The van der Waals surface area contributed by atoms with Gasteiger partial charge in [-0.1, -0.05) is 12.2 Å². The van der Waals surface area contributed by atoms with Crippen molar-refractivity contribution in [1.82, 2.24) is 10.6 Å². The summed E-state index contributed by atoms with van der Waals surface area (Å²) in [5.74, 6) is -1.29. The Morgan fingerprint density at radius 3 is 2.29 bits per heavy atom. The highest BCUT2D eigenvalue weighted by Crippen LogP contribution is 2.04. The van der Waals surface area contributed by atoms with Crippen LogP contribution in [0.1, 0.15) is 20.8 Å². The third-order valence-electron chi connectivity index (χ3n) is 1.40. The number of carbonyl (C=O) groups excluding carboxylic acids is 1. The van der Waals surface area contributed by atoms with Crippen LogP contribution in [-0.2, 0) is 4.79 Å². The zero-order valence-corrected chi connectivity index (χ0v) is 9.66. The average molecular weight is 213 g/mol. The van der Waals surface area contributed by atoms with E-state index in [9.17, 15) is 4.79 Å². The smallest absolute Gasteiger partial charge is 0.244 e. The lowest BCUT2D eigenvalue weighted by Gasteiger charge is -2.23. The van der Waals surface area contributed by atoms with Crippen LogP contribution in [0.15, 0.2) is 0 Å². The highest BCUT2D eigenvalue weighted by atomic mass is 32.1. The highest BCUT2D eigenvalue weighted by molar-refractivity contribution is 7.80. The van der Waals surface area contributed by atoms with Gasteiger partial charge in [-0.25, -0.2) is 0 Å². The van der Waals surface area contributed by atoms with Gasteiger partial charge < -0.3 is 10.6 Å². The zero-order chi connectivity index (χ0) is 11.4. The van der Waals surface area contributed by atoms with Crippen molar-refractivity contribution in [3.05, 3.63) is 0 Å². The second-order valence-corrected chi connectivity index (χ2v) is 4.36. The summed E-state index contributed by atoms with van der Waals surface area (Å²) < 4.78 is 0. The molecule has 14 heavy (non-hydrogen) atoms. The van der Waals surface area contributed by atoms with Gasteiger partial charge in [0, 0.05) is 12.6 Å². The molecule has 2 N–H and O–H groups in total. The lowest BCUT2D eigenvalue weighted by atomic mass is 10.1. The molecule has 0 bridgehead atoms. The van der Waals surface area contributed by atoms with E-state index in [-0.39, 0.29) is 16.4 Å². The molecule has 0 rings (SSSR count). The molecule has 0 aliphatic rings. The van der Waals surface area contributed by atoms with E-state index in [1.807, 2.05) is 26.8 Å².